The van der Waals surface area contributed by atoms with Gasteiger partial charge in [0.15, 0.2) is 70.8 Å². The standard InChI is InChI=1S/C69H55N10O16P/c80-62(44-24-10-2-11-25-44)76-58-52-60(72-39-70-58)78(41-74-52)64-56(94-68(84)48-32-18-6-19-33-48)54(92-66(82)46-28-14-4-15-29-46)50(90-64)37-88-96(86,87-36-43-22-8-1-9-23-43)89-38-51-55(93-67(83)47-30-16-5-17-31-47)57(95-69(85)49-34-20-7-21-35-49)65(91-51)79-42-75-53-59(71-40-73-61(53)79)77-63(81)45-26-12-3-13-27-45/h1-35,39-42,50-51,54-57,64-65H,36-38H2,(H,70,72,76,80)(H,71,73,77,81)/t50-,51-,54-,55+,56-,57+,64-,65-,96?/m1/s1. The number of imidazole rings is 2. The van der Waals surface area contributed by atoms with Gasteiger partial charge in [-0.15, -0.1) is 0 Å². The van der Waals surface area contributed by atoms with Crippen molar-refractivity contribution in [3.63, 3.8) is 0 Å². The smallest absolute Gasteiger partial charge is 0.452 e. The minimum Gasteiger partial charge on any atom is -0.452 e. The highest BCUT2D eigenvalue weighted by Crippen LogP contribution is 2.52. The molecule has 2 N–H and O–H groups in total. The molecule has 2 fully saturated rings. The van der Waals surface area contributed by atoms with Gasteiger partial charge in [-0.2, -0.15) is 0 Å². The average Bonchev–Trinajstić information content (AvgIpc) is 1.61. The van der Waals surface area contributed by atoms with E-state index >= 15 is 4.57 Å². The van der Waals surface area contributed by atoms with Gasteiger partial charge < -0.3 is 39.1 Å². The summed E-state index contributed by atoms with van der Waals surface area (Å²) in [7, 11) is -5.06. The summed E-state index contributed by atoms with van der Waals surface area (Å²) in [6.45, 7) is -1.98. The van der Waals surface area contributed by atoms with Crippen molar-refractivity contribution in [2.24, 2.45) is 0 Å². The number of fused-ring (bicyclic) bond motifs is 2. The molecule has 2 aliphatic heterocycles. The van der Waals surface area contributed by atoms with Crippen molar-refractivity contribution in [1.82, 2.24) is 39.0 Å². The molecule has 7 aromatic carbocycles. The number of benzene rings is 7. The highest BCUT2D eigenvalue weighted by atomic mass is 31.2. The molecule has 0 bridgehead atoms. The summed E-state index contributed by atoms with van der Waals surface area (Å²) in [6.07, 6.45) is -7.33. The highest BCUT2D eigenvalue weighted by Gasteiger charge is 2.54. The molecule has 0 aliphatic carbocycles. The molecule has 482 valence electrons. The number of rotatable bonds is 23. The monoisotopic (exact) mass is 1310 g/mol. The Hall–Kier alpha value is -11.5. The highest BCUT2D eigenvalue weighted by molar-refractivity contribution is 7.48. The minimum absolute atomic E-state index is 0.0188. The van der Waals surface area contributed by atoms with E-state index in [1.165, 1.54) is 83.0 Å². The second-order valence-electron chi connectivity index (χ2n) is 21.6. The molecule has 9 atom stereocenters. The van der Waals surface area contributed by atoms with E-state index < -0.39 is 106 Å². The molecule has 27 heteroatoms. The third-order valence-corrected chi connectivity index (χ3v) is 16.8. The molecular formula is C69H55N10O16P. The number of nitrogens with one attached hydrogen (secondary N) is 2. The molecule has 0 saturated carbocycles. The van der Waals surface area contributed by atoms with Crippen LogP contribution >= 0.6 is 7.82 Å². The van der Waals surface area contributed by atoms with E-state index in [0.717, 1.165) is 0 Å². The number of hydrogen-bond donors (Lipinski definition) is 2. The van der Waals surface area contributed by atoms with Crippen LogP contribution in [0.4, 0.5) is 11.6 Å². The topological polar surface area (TPSA) is 314 Å². The lowest BCUT2D eigenvalue weighted by molar-refractivity contribution is -0.0668. The number of phosphoric ester groups is 1. The number of aromatic nitrogens is 8. The van der Waals surface area contributed by atoms with E-state index in [1.807, 2.05) is 0 Å². The maximum Gasteiger partial charge on any atom is 0.475 e. The predicted octanol–water partition coefficient (Wildman–Crippen LogP) is 10.2. The van der Waals surface area contributed by atoms with Crippen LogP contribution in [-0.2, 0) is 53.2 Å². The largest absolute Gasteiger partial charge is 0.475 e. The first-order chi connectivity index (χ1) is 46.9. The summed E-state index contributed by atoms with van der Waals surface area (Å²) in [6, 6.07) is 57.4. The van der Waals surface area contributed by atoms with Gasteiger partial charge in [0.05, 0.1) is 54.7 Å². The number of ether oxygens (including phenoxy) is 6. The summed E-state index contributed by atoms with van der Waals surface area (Å²) in [5, 5.41) is 5.55. The summed E-state index contributed by atoms with van der Waals surface area (Å²) in [5.74, 6) is -4.44. The van der Waals surface area contributed by atoms with Gasteiger partial charge in [0.2, 0.25) is 0 Å². The SMILES string of the molecule is O=C(Nc1ncnc2c1ncn2[C@@H]1O[C@H](COP(=O)(OCc2ccccc2)OC[C@H]2O[C@@H](n3cnc4c(NC(=O)c5ccccc5)ncnc43)[C@@H](OC(=O)c3ccccc3)[C@H]2OC(=O)c2ccccc2)[C@@H](OC(=O)c2ccccc2)[C@H]1OC(=O)c1ccccc1)c1ccccc1. The van der Waals surface area contributed by atoms with Crippen molar-refractivity contribution in [2.45, 2.75) is 55.7 Å². The number of phosphoric acid groups is 1. The van der Waals surface area contributed by atoms with Crippen LogP contribution in [0.2, 0.25) is 0 Å². The molecule has 0 spiro atoms. The molecular weight excluding hydrogens is 1260 g/mol. The van der Waals surface area contributed by atoms with Crippen molar-refractivity contribution in [3.05, 3.63) is 277 Å². The number of amides is 2. The van der Waals surface area contributed by atoms with Crippen LogP contribution in [0.3, 0.4) is 0 Å². The fourth-order valence-corrected chi connectivity index (χ4v) is 11.9. The second-order valence-corrected chi connectivity index (χ2v) is 23.3. The minimum atomic E-state index is -5.06. The van der Waals surface area contributed by atoms with Gasteiger partial charge >= 0.3 is 31.7 Å². The Labute approximate surface area is 545 Å². The van der Waals surface area contributed by atoms with Crippen molar-refractivity contribution in [1.29, 1.82) is 0 Å². The van der Waals surface area contributed by atoms with Crippen LogP contribution in [0.1, 0.15) is 80.2 Å². The number of carbonyl (C=O) groups excluding carboxylic acids is 6. The molecule has 6 heterocycles. The number of nitrogens with zero attached hydrogens (tertiary/aromatic N) is 8. The third-order valence-electron chi connectivity index (χ3n) is 15.4. The zero-order chi connectivity index (χ0) is 66.0. The lowest BCUT2D eigenvalue weighted by Gasteiger charge is -2.26. The molecule has 13 rings (SSSR count). The molecule has 2 amide bonds. The quantitative estimate of drug-likeness (QED) is 0.0341. The summed E-state index contributed by atoms with van der Waals surface area (Å²) in [5.41, 5.74) is 1.96. The average molecular weight is 1310 g/mol. The Morgan fingerprint density at radius 1 is 0.385 bits per heavy atom. The van der Waals surface area contributed by atoms with Crippen molar-refractivity contribution in [3.8, 4) is 0 Å². The van der Waals surface area contributed by atoms with E-state index in [1.54, 1.807) is 164 Å². The molecule has 26 nitrogen and oxygen atoms in total. The first-order valence-electron chi connectivity index (χ1n) is 29.9. The Bertz CT molecular complexity index is 4360. The molecule has 2 aliphatic rings. The van der Waals surface area contributed by atoms with E-state index in [9.17, 15) is 28.8 Å². The van der Waals surface area contributed by atoms with E-state index in [-0.39, 0.29) is 62.8 Å². The summed E-state index contributed by atoms with van der Waals surface area (Å²) >= 11 is 0. The Kier molecular flexibility index (Phi) is 19.0. The summed E-state index contributed by atoms with van der Waals surface area (Å²) < 4.78 is 76.1. The van der Waals surface area contributed by atoms with Gasteiger partial charge in [0, 0.05) is 11.1 Å². The van der Waals surface area contributed by atoms with Gasteiger partial charge in [-0.1, -0.05) is 140 Å². The maximum absolute atomic E-state index is 15.8. The number of carbonyl (C=O) groups is 6. The number of esters is 4. The predicted molar refractivity (Wildman–Crippen MR) is 341 cm³/mol. The zero-order valence-corrected chi connectivity index (χ0v) is 51.2. The lowest BCUT2D eigenvalue weighted by Crippen LogP contribution is -2.41. The maximum atomic E-state index is 15.8. The van der Waals surface area contributed by atoms with Gasteiger partial charge in [-0.3, -0.25) is 32.3 Å². The van der Waals surface area contributed by atoms with Crippen LogP contribution in [0.5, 0.6) is 0 Å². The van der Waals surface area contributed by atoms with E-state index in [4.69, 9.17) is 42.0 Å². The molecule has 0 radical (unpaired) electrons. The van der Waals surface area contributed by atoms with Crippen molar-refractivity contribution >= 4 is 77.5 Å². The van der Waals surface area contributed by atoms with Crippen molar-refractivity contribution < 1.29 is 75.3 Å². The Morgan fingerprint density at radius 2 is 0.698 bits per heavy atom. The molecule has 2 saturated heterocycles. The fourth-order valence-electron chi connectivity index (χ4n) is 10.7. The van der Waals surface area contributed by atoms with Crippen LogP contribution in [0.25, 0.3) is 22.3 Å². The van der Waals surface area contributed by atoms with E-state index in [0.29, 0.717) is 16.7 Å². The van der Waals surface area contributed by atoms with Crippen LogP contribution < -0.4 is 10.6 Å². The molecule has 4 aromatic heterocycles. The van der Waals surface area contributed by atoms with Gasteiger partial charge in [-0.25, -0.2) is 53.6 Å². The Morgan fingerprint density at radius 3 is 1.04 bits per heavy atom. The van der Waals surface area contributed by atoms with E-state index in [2.05, 4.69) is 40.5 Å². The molecule has 96 heavy (non-hydrogen) atoms. The third kappa shape index (κ3) is 14.2. The Balaban J connectivity index is 0.857. The van der Waals surface area contributed by atoms with Gasteiger partial charge in [0.1, 0.15) is 24.9 Å². The summed E-state index contributed by atoms with van der Waals surface area (Å²) in [4.78, 5) is 111. The zero-order valence-electron chi connectivity index (χ0n) is 50.3. The lowest BCUT2D eigenvalue weighted by atomic mass is 10.1. The molecule has 11 aromatic rings. The fraction of sp³-hybridized carbons (Fsp3) is 0.159. The normalized spacial score (nSPS) is 19.6. The second kappa shape index (κ2) is 28.8. The molecule has 1 unspecified atom stereocenters. The van der Waals surface area contributed by atoms with Crippen LogP contribution in [0.15, 0.2) is 238 Å². The number of hydrogen-bond acceptors (Lipinski definition) is 22. The first-order valence-corrected chi connectivity index (χ1v) is 31.4. The number of anilines is 2. The van der Waals surface area contributed by atoms with Gasteiger partial charge in [0.25, 0.3) is 11.8 Å². The first kappa shape index (κ1) is 63.3. The van der Waals surface area contributed by atoms with Gasteiger partial charge in [-0.05, 0) is 78.4 Å². The van der Waals surface area contributed by atoms with Crippen molar-refractivity contribution in [2.75, 3.05) is 23.8 Å². The van der Waals surface area contributed by atoms with Crippen LogP contribution in [-0.4, -0.2) is 125 Å². The van der Waals surface area contributed by atoms with Crippen LogP contribution in [0, 0.1) is 0 Å².